The molecule has 1 fully saturated rings. The fourth-order valence-corrected chi connectivity index (χ4v) is 2.90. The van der Waals surface area contributed by atoms with Crippen LogP contribution in [0.25, 0.3) is 0 Å². The SMILES string of the molecule is CCOC(=O)/C=C1\SCC(=O)N1C[C@H](O)c1ccccc1. The minimum absolute atomic E-state index is 0.120. The van der Waals surface area contributed by atoms with Crippen LogP contribution in [0, 0.1) is 0 Å². The summed E-state index contributed by atoms with van der Waals surface area (Å²) in [5.74, 6) is -0.327. The molecule has 1 N–H and O–H groups in total. The van der Waals surface area contributed by atoms with Gasteiger partial charge >= 0.3 is 5.97 Å². The van der Waals surface area contributed by atoms with E-state index in [2.05, 4.69) is 0 Å². The number of carbonyl (C=O) groups excluding carboxylic acids is 2. The van der Waals surface area contributed by atoms with Crippen molar-refractivity contribution in [3.8, 4) is 0 Å². The van der Waals surface area contributed by atoms with Crippen molar-refractivity contribution in [1.82, 2.24) is 4.90 Å². The molecule has 1 aromatic carbocycles. The Bertz CT molecular complexity index is 544. The topological polar surface area (TPSA) is 66.8 Å². The molecule has 2 rings (SSSR count). The summed E-state index contributed by atoms with van der Waals surface area (Å²) in [4.78, 5) is 24.8. The molecular formula is C15H17NO4S. The highest BCUT2D eigenvalue weighted by atomic mass is 32.2. The lowest BCUT2D eigenvalue weighted by molar-refractivity contribution is -0.137. The van der Waals surface area contributed by atoms with Gasteiger partial charge < -0.3 is 14.7 Å². The Morgan fingerprint density at radius 3 is 2.86 bits per heavy atom. The third-order valence-corrected chi connectivity index (χ3v) is 4.00. The molecule has 1 amide bonds. The second-order valence-electron chi connectivity index (χ2n) is 4.45. The van der Waals surface area contributed by atoms with Crippen LogP contribution in [-0.4, -0.2) is 40.8 Å². The molecule has 0 bridgehead atoms. The van der Waals surface area contributed by atoms with E-state index in [1.807, 2.05) is 18.2 Å². The van der Waals surface area contributed by atoms with Gasteiger partial charge in [0.25, 0.3) is 0 Å². The van der Waals surface area contributed by atoms with Gasteiger partial charge in [0.15, 0.2) is 0 Å². The third kappa shape index (κ3) is 4.09. The lowest BCUT2D eigenvalue weighted by Gasteiger charge is -2.21. The van der Waals surface area contributed by atoms with Crippen molar-refractivity contribution < 1.29 is 19.4 Å². The third-order valence-electron chi connectivity index (χ3n) is 2.98. The number of hydrogen-bond acceptors (Lipinski definition) is 5. The van der Waals surface area contributed by atoms with Crippen LogP contribution in [0.2, 0.25) is 0 Å². The van der Waals surface area contributed by atoms with Crippen molar-refractivity contribution in [3.05, 3.63) is 47.0 Å². The van der Waals surface area contributed by atoms with Crippen LogP contribution in [0.15, 0.2) is 41.4 Å². The number of esters is 1. The minimum atomic E-state index is -0.792. The van der Waals surface area contributed by atoms with E-state index >= 15 is 0 Å². The molecule has 0 saturated carbocycles. The highest BCUT2D eigenvalue weighted by molar-refractivity contribution is 8.04. The first-order valence-electron chi connectivity index (χ1n) is 6.66. The van der Waals surface area contributed by atoms with Gasteiger partial charge in [-0.1, -0.05) is 42.1 Å². The number of hydrogen-bond donors (Lipinski definition) is 1. The Kier molecular flexibility index (Phi) is 5.41. The normalized spacial score (nSPS) is 18.1. The molecule has 1 atom stereocenters. The number of thioether (sulfide) groups is 1. The zero-order chi connectivity index (χ0) is 15.2. The van der Waals surface area contributed by atoms with E-state index in [1.54, 1.807) is 19.1 Å². The van der Waals surface area contributed by atoms with Gasteiger partial charge in [-0.2, -0.15) is 0 Å². The molecule has 0 aliphatic carbocycles. The van der Waals surface area contributed by atoms with Crippen molar-refractivity contribution in [2.45, 2.75) is 13.0 Å². The molecule has 6 heteroatoms. The average Bonchev–Trinajstić information content (AvgIpc) is 2.81. The van der Waals surface area contributed by atoms with E-state index in [0.29, 0.717) is 5.03 Å². The van der Waals surface area contributed by atoms with Crippen molar-refractivity contribution >= 4 is 23.6 Å². The van der Waals surface area contributed by atoms with Crippen LogP contribution in [-0.2, 0) is 14.3 Å². The Hall–Kier alpha value is -1.79. The largest absolute Gasteiger partial charge is 0.463 e. The summed E-state index contributed by atoms with van der Waals surface area (Å²) in [6.45, 7) is 2.13. The van der Waals surface area contributed by atoms with Crippen LogP contribution in [0.1, 0.15) is 18.6 Å². The maximum Gasteiger partial charge on any atom is 0.333 e. The molecule has 0 aromatic heterocycles. The van der Waals surface area contributed by atoms with Crippen LogP contribution < -0.4 is 0 Å². The Balaban J connectivity index is 2.09. The second kappa shape index (κ2) is 7.28. The Morgan fingerprint density at radius 1 is 1.48 bits per heavy atom. The van der Waals surface area contributed by atoms with Crippen LogP contribution in [0.4, 0.5) is 0 Å². The Morgan fingerprint density at radius 2 is 2.19 bits per heavy atom. The summed E-state index contributed by atoms with van der Waals surface area (Å²) in [6.07, 6.45) is 0.510. The molecular weight excluding hydrogens is 290 g/mol. The van der Waals surface area contributed by atoms with Gasteiger partial charge in [-0.3, -0.25) is 4.79 Å². The number of ether oxygens (including phenoxy) is 1. The first-order chi connectivity index (χ1) is 10.1. The van der Waals surface area contributed by atoms with E-state index in [9.17, 15) is 14.7 Å². The zero-order valence-corrected chi connectivity index (χ0v) is 12.5. The number of β-amino-alcohol motifs (C(OH)–C–C–N with tert-alkyl or cyclic N) is 1. The quantitative estimate of drug-likeness (QED) is 0.662. The summed E-state index contributed by atoms with van der Waals surface area (Å²) in [6, 6.07) is 9.11. The van der Waals surface area contributed by atoms with Gasteiger partial charge in [-0.25, -0.2) is 4.79 Å². The minimum Gasteiger partial charge on any atom is -0.463 e. The van der Waals surface area contributed by atoms with Gasteiger partial charge in [-0.15, -0.1) is 0 Å². The Labute approximate surface area is 127 Å². The lowest BCUT2D eigenvalue weighted by atomic mass is 10.1. The molecule has 0 radical (unpaired) electrons. The smallest absolute Gasteiger partial charge is 0.333 e. The van der Waals surface area contributed by atoms with E-state index in [1.165, 1.54) is 22.7 Å². The van der Waals surface area contributed by atoms with Crippen molar-refractivity contribution in [2.75, 3.05) is 18.9 Å². The van der Waals surface area contributed by atoms with Crippen molar-refractivity contribution in [3.63, 3.8) is 0 Å². The standard InChI is InChI=1S/C15H17NO4S/c1-2-20-15(19)8-14-16(13(18)10-21-14)9-12(17)11-6-4-3-5-7-11/h3-8,12,17H,2,9-10H2,1H3/b14-8-/t12-/m0/s1. The van der Waals surface area contributed by atoms with E-state index in [0.717, 1.165) is 5.56 Å². The first-order valence-corrected chi connectivity index (χ1v) is 7.65. The molecule has 21 heavy (non-hydrogen) atoms. The van der Waals surface area contributed by atoms with Gasteiger partial charge in [-0.05, 0) is 12.5 Å². The summed E-state index contributed by atoms with van der Waals surface area (Å²) in [7, 11) is 0. The zero-order valence-electron chi connectivity index (χ0n) is 11.7. The van der Waals surface area contributed by atoms with Crippen LogP contribution in [0.5, 0.6) is 0 Å². The predicted octanol–water partition coefficient (Wildman–Crippen LogP) is 1.70. The number of aliphatic hydroxyl groups excluding tert-OH is 1. The summed E-state index contributed by atoms with van der Waals surface area (Å²) >= 11 is 1.28. The highest BCUT2D eigenvalue weighted by Gasteiger charge is 2.29. The van der Waals surface area contributed by atoms with E-state index < -0.39 is 12.1 Å². The predicted molar refractivity (Wildman–Crippen MR) is 80.3 cm³/mol. The molecule has 1 saturated heterocycles. The molecule has 1 aromatic rings. The number of nitrogens with zero attached hydrogens (tertiary/aromatic N) is 1. The molecule has 1 aliphatic rings. The number of amides is 1. The number of rotatable bonds is 5. The van der Waals surface area contributed by atoms with Crippen LogP contribution >= 0.6 is 11.8 Å². The van der Waals surface area contributed by atoms with Gasteiger partial charge in [0, 0.05) is 0 Å². The fourth-order valence-electron chi connectivity index (χ4n) is 1.96. The summed E-state index contributed by atoms with van der Waals surface area (Å²) < 4.78 is 4.85. The summed E-state index contributed by atoms with van der Waals surface area (Å²) in [5, 5.41) is 10.7. The highest BCUT2D eigenvalue weighted by Crippen LogP contribution is 2.30. The average molecular weight is 307 g/mol. The molecule has 0 unspecified atom stereocenters. The first kappa shape index (κ1) is 15.6. The van der Waals surface area contributed by atoms with Crippen LogP contribution in [0.3, 0.4) is 0 Å². The fraction of sp³-hybridized carbons (Fsp3) is 0.333. The molecule has 1 aliphatic heterocycles. The molecule has 0 spiro atoms. The van der Waals surface area contributed by atoms with Crippen molar-refractivity contribution in [1.29, 1.82) is 0 Å². The van der Waals surface area contributed by atoms with Gasteiger partial charge in [0.1, 0.15) is 0 Å². The maximum atomic E-state index is 11.9. The maximum absolute atomic E-state index is 11.9. The monoisotopic (exact) mass is 307 g/mol. The molecule has 1 heterocycles. The number of aliphatic hydroxyl groups is 1. The second-order valence-corrected chi connectivity index (χ2v) is 5.45. The molecule has 112 valence electrons. The number of carbonyl (C=O) groups is 2. The van der Waals surface area contributed by atoms with Gasteiger partial charge in [0.05, 0.1) is 36.1 Å². The van der Waals surface area contributed by atoms with Crippen molar-refractivity contribution in [2.24, 2.45) is 0 Å². The van der Waals surface area contributed by atoms with E-state index in [4.69, 9.17) is 4.74 Å². The van der Waals surface area contributed by atoms with E-state index in [-0.39, 0.29) is 24.8 Å². The molecule has 5 nitrogen and oxygen atoms in total. The van der Waals surface area contributed by atoms with Gasteiger partial charge in [0.2, 0.25) is 5.91 Å². The lowest BCUT2D eigenvalue weighted by Crippen LogP contribution is -2.29. The number of benzene rings is 1. The summed E-state index contributed by atoms with van der Waals surface area (Å²) in [5.41, 5.74) is 0.734.